The number of hydrogen-bond donors (Lipinski definition) is 0. The Labute approximate surface area is 168 Å². The first-order valence-corrected chi connectivity index (χ1v) is 10.1. The first kappa shape index (κ1) is 18.0. The third-order valence-corrected chi connectivity index (χ3v) is 6.24. The molecule has 0 aliphatic carbocycles. The Morgan fingerprint density at radius 1 is 1.26 bits per heavy atom. The van der Waals surface area contributed by atoms with Crippen LogP contribution in [0.25, 0.3) is 10.2 Å². The molecule has 0 atom stereocenters. The normalized spacial score (nSPS) is 11.0. The van der Waals surface area contributed by atoms with Crippen molar-refractivity contribution in [1.82, 2.24) is 4.98 Å². The van der Waals surface area contributed by atoms with Crippen LogP contribution in [-0.4, -0.2) is 18.0 Å². The van der Waals surface area contributed by atoms with Crippen LogP contribution in [0.5, 0.6) is 5.75 Å². The second-order valence-electron chi connectivity index (χ2n) is 5.77. The van der Waals surface area contributed by atoms with Gasteiger partial charge in [0.1, 0.15) is 11.5 Å². The summed E-state index contributed by atoms with van der Waals surface area (Å²) < 4.78 is 12.4. The van der Waals surface area contributed by atoms with E-state index >= 15 is 0 Å². The van der Waals surface area contributed by atoms with Crippen LogP contribution < -0.4 is 9.64 Å². The van der Waals surface area contributed by atoms with Crippen molar-refractivity contribution in [3.05, 3.63) is 63.7 Å². The number of hydrogen-bond acceptors (Lipinski definition) is 6. The highest BCUT2D eigenvalue weighted by molar-refractivity contribution is 7.22. The van der Waals surface area contributed by atoms with Crippen molar-refractivity contribution in [2.75, 3.05) is 12.0 Å². The maximum atomic E-state index is 13.0. The lowest BCUT2D eigenvalue weighted by molar-refractivity contribution is -0.118. The summed E-state index contributed by atoms with van der Waals surface area (Å²) in [6, 6.07) is 13.0. The molecule has 0 bridgehead atoms. The Morgan fingerprint density at radius 2 is 2.15 bits per heavy atom. The van der Waals surface area contributed by atoms with E-state index in [1.165, 1.54) is 22.7 Å². The molecule has 4 aromatic rings. The standard InChI is InChI=1S/C19H15ClN2O3S2/c1-24-12-4-6-15-16(9-12)27-19(21-15)22(11-13-3-2-8-25-13)18(23)10-14-5-7-17(20)26-14/h2-9H,10-11H2,1H3. The fourth-order valence-corrected chi connectivity index (χ4v) is 4.74. The van der Waals surface area contributed by atoms with Crippen molar-refractivity contribution < 1.29 is 13.9 Å². The van der Waals surface area contributed by atoms with Gasteiger partial charge in [-0.2, -0.15) is 0 Å². The zero-order valence-electron chi connectivity index (χ0n) is 14.3. The number of aromatic nitrogens is 1. The Hall–Kier alpha value is -2.35. The minimum absolute atomic E-state index is 0.0593. The number of ether oxygens (including phenoxy) is 1. The van der Waals surface area contributed by atoms with Crippen LogP contribution in [0, 0.1) is 0 Å². The third kappa shape index (κ3) is 4.00. The number of furan rings is 1. The molecule has 0 saturated heterocycles. The number of carbonyl (C=O) groups is 1. The van der Waals surface area contributed by atoms with Crippen LogP contribution in [0.4, 0.5) is 5.13 Å². The van der Waals surface area contributed by atoms with E-state index in [0.29, 0.717) is 21.8 Å². The number of benzene rings is 1. The number of carbonyl (C=O) groups excluding carboxylic acids is 1. The van der Waals surface area contributed by atoms with Gasteiger partial charge in [-0.15, -0.1) is 11.3 Å². The number of methoxy groups -OCH3 is 1. The molecule has 138 valence electrons. The van der Waals surface area contributed by atoms with Gasteiger partial charge in [-0.1, -0.05) is 22.9 Å². The minimum Gasteiger partial charge on any atom is -0.497 e. The molecule has 5 nitrogen and oxygen atoms in total. The lowest BCUT2D eigenvalue weighted by Crippen LogP contribution is -2.31. The molecule has 27 heavy (non-hydrogen) atoms. The summed E-state index contributed by atoms with van der Waals surface area (Å²) in [5.41, 5.74) is 0.826. The summed E-state index contributed by atoms with van der Waals surface area (Å²) in [7, 11) is 1.63. The van der Waals surface area contributed by atoms with E-state index in [-0.39, 0.29) is 12.3 Å². The van der Waals surface area contributed by atoms with Gasteiger partial charge in [0.05, 0.1) is 40.9 Å². The van der Waals surface area contributed by atoms with E-state index in [0.717, 1.165) is 20.8 Å². The predicted octanol–water partition coefficient (Wildman–Crippen LogP) is 5.39. The van der Waals surface area contributed by atoms with Crippen molar-refractivity contribution in [2.45, 2.75) is 13.0 Å². The van der Waals surface area contributed by atoms with Gasteiger partial charge in [0.15, 0.2) is 5.13 Å². The van der Waals surface area contributed by atoms with E-state index in [1.54, 1.807) is 30.4 Å². The van der Waals surface area contributed by atoms with Gasteiger partial charge in [-0.05, 0) is 42.5 Å². The highest BCUT2D eigenvalue weighted by Crippen LogP contribution is 2.33. The van der Waals surface area contributed by atoms with Crippen molar-refractivity contribution in [2.24, 2.45) is 0 Å². The summed E-state index contributed by atoms with van der Waals surface area (Å²) >= 11 is 8.85. The molecular formula is C19H15ClN2O3S2. The Bertz CT molecular complexity index is 1070. The molecule has 0 radical (unpaired) electrons. The largest absolute Gasteiger partial charge is 0.497 e. The van der Waals surface area contributed by atoms with E-state index < -0.39 is 0 Å². The van der Waals surface area contributed by atoms with Gasteiger partial charge in [0.25, 0.3) is 0 Å². The number of nitrogens with zero attached hydrogens (tertiary/aromatic N) is 2. The molecule has 3 aromatic heterocycles. The fraction of sp³-hybridized carbons (Fsp3) is 0.158. The quantitative estimate of drug-likeness (QED) is 0.421. The van der Waals surface area contributed by atoms with Gasteiger partial charge in [-0.25, -0.2) is 4.98 Å². The number of halogens is 1. The lowest BCUT2D eigenvalue weighted by Gasteiger charge is -2.18. The van der Waals surface area contributed by atoms with Crippen LogP contribution in [0.3, 0.4) is 0 Å². The first-order valence-electron chi connectivity index (χ1n) is 8.14. The highest BCUT2D eigenvalue weighted by atomic mass is 35.5. The molecule has 0 unspecified atom stereocenters. The topological polar surface area (TPSA) is 55.6 Å². The van der Waals surface area contributed by atoms with Crippen molar-refractivity contribution in [3.63, 3.8) is 0 Å². The number of fused-ring (bicyclic) bond motifs is 1. The molecule has 8 heteroatoms. The number of thiazole rings is 1. The summed E-state index contributed by atoms with van der Waals surface area (Å²) in [5.74, 6) is 1.40. The van der Waals surface area contributed by atoms with Crippen molar-refractivity contribution in [1.29, 1.82) is 0 Å². The molecule has 3 heterocycles. The second kappa shape index (κ2) is 7.72. The zero-order chi connectivity index (χ0) is 18.8. The molecule has 0 saturated carbocycles. The van der Waals surface area contributed by atoms with Crippen molar-refractivity contribution >= 4 is 55.5 Å². The maximum Gasteiger partial charge on any atom is 0.234 e. The number of thiophene rings is 1. The molecule has 0 aliphatic rings. The van der Waals surface area contributed by atoms with Gasteiger partial charge in [0, 0.05) is 4.88 Å². The van der Waals surface area contributed by atoms with E-state index in [4.69, 9.17) is 20.8 Å². The van der Waals surface area contributed by atoms with Gasteiger partial charge in [-0.3, -0.25) is 9.69 Å². The van der Waals surface area contributed by atoms with Gasteiger partial charge >= 0.3 is 0 Å². The highest BCUT2D eigenvalue weighted by Gasteiger charge is 2.22. The first-order chi connectivity index (χ1) is 13.1. The van der Waals surface area contributed by atoms with Gasteiger partial charge < -0.3 is 9.15 Å². The monoisotopic (exact) mass is 418 g/mol. The predicted molar refractivity (Wildman–Crippen MR) is 109 cm³/mol. The summed E-state index contributed by atoms with van der Waals surface area (Å²) in [5, 5.41) is 0.627. The van der Waals surface area contributed by atoms with E-state index in [9.17, 15) is 4.79 Å². The Morgan fingerprint density at radius 3 is 2.85 bits per heavy atom. The number of amides is 1. The average molecular weight is 419 g/mol. The minimum atomic E-state index is -0.0593. The fourth-order valence-electron chi connectivity index (χ4n) is 2.65. The number of anilines is 1. The molecule has 1 amide bonds. The molecule has 1 aromatic carbocycles. The Balaban J connectivity index is 1.67. The Kier molecular flexibility index (Phi) is 5.15. The van der Waals surface area contributed by atoms with Crippen LogP contribution >= 0.6 is 34.3 Å². The second-order valence-corrected chi connectivity index (χ2v) is 8.58. The molecule has 0 spiro atoms. The zero-order valence-corrected chi connectivity index (χ0v) is 16.7. The smallest absolute Gasteiger partial charge is 0.234 e. The third-order valence-electron chi connectivity index (χ3n) is 3.96. The summed E-state index contributed by atoms with van der Waals surface area (Å²) in [6.07, 6.45) is 1.86. The van der Waals surface area contributed by atoms with Crippen LogP contribution in [0.15, 0.2) is 53.1 Å². The van der Waals surface area contributed by atoms with E-state index in [1.807, 2.05) is 30.3 Å². The summed E-state index contributed by atoms with van der Waals surface area (Å²) in [4.78, 5) is 20.2. The van der Waals surface area contributed by atoms with Crippen LogP contribution in [-0.2, 0) is 17.8 Å². The van der Waals surface area contributed by atoms with Crippen molar-refractivity contribution in [3.8, 4) is 5.75 Å². The molecule has 0 fully saturated rings. The molecule has 0 aliphatic heterocycles. The van der Waals surface area contributed by atoms with Crippen LogP contribution in [0.2, 0.25) is 4.34 Å². The molecule has 4 rings (SSSR count). The number of rotatable bonds is 6. The van der Waals surface area contributed by atoms with E-state index in [2.05, 4.69) is 4.98 Å². The maximum absolute atomic E-state index is 13.0. The van der Waals surface area contributed by atoms with Crippen LogP contribution in [0.1, 0.15) is 10.6 Å². The average Bonchev–Trinajstić information content (AvgIpc) is 3.39. The summed E-state index contributed by atoms with van der Waals surface area (Å²) in [6.45, 7) is 0.321. The SMILES string of the molecule is COc1ccc2nc(N(Cc3ccco3)C(=O)Cc3ccc(Cl)s3)sc2c1. The van der Waals surface area contributed by atoms with Gasteiger partial charge in [0.2, 0.25) is 5.91 Å². The molecule has 0 N–H and O–H groups in total. The lowest BCUT2D eigenvalue weighted by atomic mass is 10.3. The molecular weight excluding hydrogens is 404 g/mol.